The summed E-state index contributed by atoms with van der Waals surface area (Å²) < 4.78 is 75.8. The van der Waals surface area contributed by atoms with E-state index in [1.165, 1.54) is 24.3 Å². The Bertz CT molecular complexity index is 654. The Balaban J connectivity index is 2.13. The smallest absolute Gasteiger partial charge is 0.330 e. The summed E-state index contributed by atoms with van der Waals surface area (Å²) in [6.45, 7) is 2.11. The number of nitrogens with two attached hydrogens (primary N) is 1. The first-order valence-electron chi connectivity index (χ1n) is 7.95. The fourth-order valence-electron chi connectivity index (χ4n) is 2.82. The van der Waals surface area contributed by atoms with Gasteiger partial charge in [-0.15, -0.1) is 0 Å². The van der Waals surface area contributed by atoms with E-state index in [0.717, 1.165) is 24.3 Å². The summed E-state index contributed by atoms with van der Waals surface area (Å²) >= 11 is 0. The molecule has 0 saturated heterocycles. The maximum atomic E-state index is 12.6. The van der Waals surface area contributed by atoms with E-state index in [1.54, 1.807) is 0 Å². The topological polar surface area (TPSA) is 26.0 Å². The molecule has 0 saturated carbocycles. The van der Waals surface area contributed by atoms with E-state index in [2.05, 4.69) is 0 Å². The average molecular weight is 375 g/mol. The van der Waals surface area contributed by atoms with Crippen molar-refractivity contribution in [1.82, 2.24) is 0 Å². The molecule has 0 fully saturated rings. The lowest BCUT2D eigenvalue weighted by atomic mass is 9.78. The van der Waals surface area contributed by atoms with Crippen LogP contribution in [0.2, 0.25) is 0 Å². The van der Waals surface area contributed by atoms with Crippen LogP contribution in [0.1, 0.15) is 29.2 Å². The van der Waals surface area contributed by atoms with Crippen molar-refractivity contribution >= 4 is 0 Å². The molecular formula is C19H19F6N. The van der Waals surface area contributed by atoms with Gasteiger partial charge in [0.15, 0.2) is 0 Å². The first kappa shape index (κ1) is 20.3. The molecule has 7 heteroatoms. The quantitative estimate of drug-likeness (QED) is 0.689. The third kappa shape index (κ3) is 5.24. The van der Waals surface area contributed by atoms with Gasteiger partial charge in [-0.2, -0.15) is 26.3 Å². The fraction of sp³-hybridized carbons (Fsp3) is 0.368. The van der Waals surface area contributed by atoms with Gasteiger partial charge >= 0.3 is 12.4 Å². The number of hydrogen-bond donors (Lipinski definition) is 1. The summed E-state index contributed by atoms with van der Waals surface area (Å²) in [6, 6.07) is 9.70. The van der Waals surface area contributed by atoms with Gasteiger partial charge in [0.05, 0.1) is 11.1 Å². The Morgan fingerprint density at radius 2 is 0.962 bits per heavy atom. The molecule has 0 aromatic heterocycles. The molecule has 0 radical (unpaired) electrons. The maximum absolute atomic E-state index is 12.6. The van der Waals surface area contributed by atoms with Gasteiger partial charge in [-0.1, -0.05) is 31.2 Å². The van der Waals surface area contributed by atoms with Crippen molar-refractivity contribution in [2.75, 3.05) is 6.54 Å². The first-order chi connectivity index (χ1) is 11.9. The molecular weight excluding hydrogens is 356 g/mol. The lowest BCUT2D eigenvalue weighted by Gasteiger charge is -2.28. The van der Waals surface area contributed by atoms with Crippen LogP contribution in [0.15, 0.2) is 48.5 Å². The lowest BCUT2D eigenvalue weighted by Crippen LogP contribution is -2.32. The molecule has 0 amide bonds. The normalized spacial score (nSPS) is 13.1. The second-order valence-electron chi connectivity index (χ2n) is 6.76. The maximum Gasteiger partial charge on any atom is 0.416 e. The second-order valence-corrected chi connectivity index (χ2v) is 6.76. The zero-order chi connectivity index (χ0) is 19.6. The highest BCUT2D eigenvalue weighted by atomic mass is 19.4. The van der Waals surface area contributed by atoms with Crippen LogP contribution >= 0.6 is 0 Å². The zero-order valence-corrected chi connectivity index (χ0v) is 14.1. The molecule has 0 spiro atoms. The number of halogens is 6. The van der Waals surface area contributed by atoms with E-state index >= 15 is 0 Å². The minimum Gasteiger partial charge on any atom is -0.330 e. The Hall–Kier alpha value is -2.02. The Kier molecular flexibility index (Phi) is 5.70. The molecule has 0 aliphatic carbocycles. The van der Waals surface area contributed by atoms with E-state index in [0.29, 0.717) is 24.0 Å². The number of rotatable bonds is 5. The number of alkyl halides is 6. The molecule has 142 valence electrons. The highest BCUT2D eigenvalue weighted by molar-refractivity contribution is 5.28. The van der Waals surface area contributed by atoms with Crippen LogP contribution in [0.25, 0.3) is 0 Å². The van der Waals surface area contributed by atoms with Gasteiger partial charge in [0.1, 0.15) is 0 Å². The van der Waals surface area contributed by atoms with Crippen molar-refractivity contribution in [1.29, 1.82) is 0 Å². The molecule has 2 rings (SSSR count). The van der Waals surface area contributed by atoms with Gasteiger partial charge in [0.2, 0.25) is 0 Å². The minimum atomic E-state index is -4.39. The monoisotopic (exact) mass is 375 g/mol. The summed E-state index contributed by atoms with van der Waals surface area (Å²) in [5.41, 5.74) is 5.29. The molecule has 0 bridgehead atoms. The third-order valence-electron chi connectivity index (χ3n) is 4.32. The van der Waals surface area contributed by atoms with Crippen LogP contribution in [0.4, 0.5) is 26.3 Å². The fourth-order valence-corrected chi connectivity index (χ4v) is 2.82. The van der Waals surface area contributed by atoms with Crippen LogP contribution in [-0.2, 0) is 25.2 Å². The third-order valence-corrected chi connectivity index (χ3v) is 4.32. The van der Waals surface area contributed by atoms with Crippen molar-refractivity contribution in [3.05, 3.63) is 70.8 Å². The van der Waals surface area contributed by atoms with E-state index in [4.69, 9.17) is 5.73 Å². The molecule has 2 N–H and O–H groups in total. The predicted molar refractivity (Wildman–Crippen MR) is 87.5 cm³/mol. The predicted octanol–water partition coefficient (Wildman–Crippen LogP) is 5.47. The summed E-state index contributed by atoms with van der Waals surface area (Å²) in [6.07, 6.45) is -7.95. The van der Waals surface area contributed by atoms with Crippen LogP contribution in [0, 0.1) is 5.41 Å². The average Bonchev–Trinajstić information content (AvgIpc) is 2.54. The molecule has 0 atom stereocenters. The van der Waals surface area contributed by atoms with Crippen LogP contribution in [0.5, 0.6) is 0 Å². The first-order valence-corrected chi connectivity index (χ1v) is 7.95. The molecule has 0 aliphatic rings. The highest BCUT2D eigenvalue weighted by Crippen LogP contribution is 2.33. The Morgan fingerprint density at radius 3 is 1.19 bits per heavy atom. The van der Waals surface area contributed by atoms with Gasteiger partial charge in [-0.25, -0.2) is 0 Å². The standard InChI is InChI=1S/C19H19F6N/c1-17(12-26,10-13-2-6-15(7-3-13)18(20,21)22)11-14-4-8-16(9-5-14)19(23,24)25/h2-9H,10-12,26H2,1H3. The number of benzene rings is 2. The van der Waals surface area contributed by atoms with Gasteiger partial charge in [0.25, 0.3) is 0 Å². The van der Waals surface area contributed by atoms with E-state index in [9.17, 15) is 26.3 Å². The largest absolute Gasteiger partial charge is 0.416 e. The SMILES string of the molecule is CC(CN)(Cc1ccc(C(F)(F)F)cc1)Cc1ccc(C(F)(F)F)cc1. The Morgan fingerprint density at radius 1 is 0.654 bits per heavy atom. The van der Waals surface area contributed by atoms with E-state index in [1.807, 2.05) is 6.92 Å². The van der Waals surface area contributed by atoms with Crippen LogP contribution in [0.3, 0.4) is 0 Å². The van der Waals surface area contributed by atoms with Gasteiger partial charge in [0, 0.05) is 0 Å². The molecule has 0 unspecified atom stereocenters. The number of hydrogen-bond acceptors (Lipinski definition) is 1. The van der Waals surface area contributed by atoms with Gasteiger partial charge in [-0.05, 0) is 60.2 Å². The summed E-state index contributed by atoms with van der Waals surface area (Å²) in [4.78, 5) is 0. The van der Waals surface area contributed by atoms with Crippen molar-refractivity contribution in [3.63, 3.8) is 0 Å². The molecule has 2 aromatic rings. The molecule has 2 aromatic carbocycles. The molecule has 1 nitrogen and oxygen atoms in total. The van der Waals surface area contributed by atoms with Crippen molar-refractivity contribution < 1.29 is 26.3 Å². The van der Waals surface area contributed by atoms with Crippen molar-refractivity contribution in [3.8, 4) is 0 Å². The molecule has 26 heavy (non-hydrogen) atoms. The lowest BCUT2D eigenvalue weighted by molar-refractivity contribution is -0.138. The van der Waals surface area contributed by atoms with Crippen LogP contribution < -0.4 is 5.73 Å². The summed E-state index contributed by atoms with van der Waals surface area (Å²) in [7, 11) is 0. The van der Waals surface area contributed by atoms with E-state index < -0.39 is 28.9 Å². The summed E-state index contributed by atoms with van der Waals surface area (Å²) in [5, 5.41) is 0. The molecule has 0 aliphatic heterocycles. The summed E-state index contributed by atoms with van der Waals surface area (Å²) in [5.74, 6) is 0. The zero-order valence-electron chi connectivity index (χ0n) is 14.1. The highest BCUT2D eigenvalue weighted by Gasteiger charge is 2.32. The minimum absolute atomic E-state index is 0.245. The van der Waals surface area contributed by atoms with Gasteiger partial charge in [-0.3, -0.25) is 0 Å². The van der Waals surface area contributed by atoms with Crippen LogP contribution in [-0.4, -0.2) is 6.54 Å². The van der Waals surface area contributed by atoms with Gasteiger partial charge < -0.3 is 5.73 Å². The second kappa shape index (κ2) is 7.31. The van der Waals surface area contributed by atoms with Crippen molar-refractivity contribution in [2.45, 2.75) is 32.1 Å². The Labute approximate surface area is 147 Å². The molecule has 0 heterocycles. The van der Waals surface area contributed by atoms with Crippen molar-refractivity contribution in [2.24, 2.45) is 11.1 Å². The van der Waals surface area contributed by atoms with E-state index in [-0.39, 0.29) is 6.54 Å².